The van der Waals surface area contributed by atoms with Crippen LogP contribution in [-0.4, -0.2) is 19.0 Å². The van der Waals surface area contributed by atoms with Gasteiger partial charge in [-0.15, -0.1) is 0 Å². The minimum Gasteiger partial charge on any atom is -0.465 e. The summed E-state index contributed by atoms with van der Waals surface area (Å²) in [7, 11) is 1.31. The zero-order valence-corrected chi connectivity index (χ0v) is 7.94. The molecule has 0 spiro atoms. The third-order valence-electron chi connectivity index (χ3n) is 1.54. The van der Waals surface area contributed by atoms with Crippen LogP contribution >= 0.6 is 0 Å². The topological polar surface area (TPSA) is 52.6 Å². The highest BCUT2D eigenvalue weighted by Gasteiger charge is 2.05. The van der Waals surface area contributed by atoms with Gasteiger partial charge in [-0.25, -0.2) is 4.79 Å². The van der Waals surface area contributed by atoms with Crippen LogP contribution in [-0.2, 0) is 9.53 Å². The molecule has 1 aromatic carbocycles. The van der Waals surface area contributed by atoms with E-state index < -0.39 is 11.9 Å². The number of hydrogen-bond acceptors (Lipinski definition) is 4. The summed E-state index contributed by atoms with van der Waals surface area (Å²) in [4.78, 5) is 21.6. The van der Waals surface area contributed by atoms with E-state index in [1.54, 1.807) is 0 Å². The molecule has 0 saturated carbocycles. The Kier molecular flexibility index (Phi) is 3.23. The molecular weight excluding hydrogens is 191 g/mol. The fourth-order valence-corrected chi connectivity index (χ4v) is 0.943. The lowest BCUT2D eigenvalue weighted by Gasteiger charge is -2.02. The first kappa shape index (κ1) is 10.2. The lowest BCUT2D eigenvalue weighted by Crippen LogP contribution is -2.03. The fraction of sp³-hybridized carbons (Fsp3) is 0.200. The molecule has 0 saturated heterocycles. The minimum absolute atomic E-state index is 0.393. The molecule has 0 heterocycles. The number of ether oxygens (including phenoxy) is 2. The molecule has 0 aliphatic heterocycles. The number of benzene rings is 1. The van der Waals surface area contributed by atoms with Crippen LogP contribution in [0.3, 0.4) is 0 Å². The summed E-state index contributed by atoms with van der Waals surface area (Å²) < 4.78 is 9.30. The molecule has 0 atom stereocenters. The maximum absolute atomic E-state index is 11.0. The van der Waals surface area contributed by atoms with Gasteiger partial charge in [-0.1, -0.05) is 0 Å². The quantitative estimate of drug-likeness (QED) is 0.412. The molecule has 0 aliphatic carbocycles. The average Bonchev–Trinajstić information content (AvgIpc) is 2.17. The van der Waals surface area contributed by atoms with Crippen molar-refractivity contribution in [2.24, 2.45) is 0 Å². The zero-order chi connectivity index (χ0) is 10.6. The van der Waals surface area contributed by atoms with Crippen molar-refractivity contribution in [2.75, 3.05) is 7.11 Å². The number of hydrogen-bond donors (Lipinski definition) is 0. The highest BCUT2D eigenvalue weighted by molar-refractivity contribution is 5.89. The standard InChI is InChI=1S/C10H10O4/c1-7(11)14-9-5-3-8(4-6-9)10(12)13-2/h3-6H,1-2H3/i3+1,4+1,5+1,6+1,8+1,9+1,10+1. The first-order valence-electron chi connectivity index (χ1n) is 4.00. The molecule has 4 nitrogen and oxygen atoms in total. The van der Waals surface area contributed by atoms with Crippen molar-refractivity contribution in [2.45, 2.75) is 6.92 Å². The van der Waals surface area contributed by atoms with E-state index in [4.69, 9.17) is 4.74 Å². The Morgan fingerprint density at radius 3 is 2.14 bits per heavy atom. The van der Waals surface area contributed by atoms with Crippen molar-refractivity contribution in [1.82, 2.24) is 0 Å². The van der Waals surface area contributed by atoms with Crippen molar-refractivity contribution >= 4 is 11.9 Å². The van der Waals surface area contributed by atoms with Gasteiger partial charge in [0.25, 0.3) is 0 Å². The molecule has 0 aromatic heterocycles. The van der Waals surface area contributed by atoms with Crippen LogP contribution in [0, 0.1) is 0 Å². The highest BCUT2D eigenvalue weighted by Crippen LogP contribution is 2.12. The van der Waals surface area contributed by atoms with Crippen LogP contribution in [0.2, 0.25) is 0 Å². The van der Waals surface area contributed by atoms with E-state index in [9.17, 15) is 9.59 Å². The smallest absolute Gasteiger partial charge is 0.337 e. The lowest BCUT2D eigenvalue weighted by atomic mass is 10.8. The van der Waals surface area contributed by atoms with Gasteiger partial charge in [0, 0.05) is 6.92 Å². The van der Waals surface area contributed by atoms with Crippen LogP contribution in [0.1, 0.15) is 17.3 Å². The number of methoxy groups -OCH3 is 1. The van der Waals surface area contributed by atoms with Crippen LogP contribution < -0.4 is 4.74 Å². The molecule has 0 aliphatic rings. The second kappa shape index (κ2) is 4.41. The van der Waals surface area contributed by atoms with E-state index in [1.807, 2.05) is 0 Å². The SMILES string of the molecule is CO[13C](=O)[13c]1[13cH][13cH][13c](OC(C)=O)[13cH][13cH]1. The summed E-state index contributed by atoms with van der Waals surface area (Å²) in [5.74, 6) is -0.402. The summed E-state index contributed by atoms with van der Waals surface area (Å²) >= 11 is 0. The Bertz CT molecular complexity index is 340. The minimum atomic E-state index is -0.417. The summed E-state index contributed by atoms with van der Waals surface area (Å²) in [5.41, 5.74) is 0.420. The van der Waals surface area contributed by atoms with Crippen molar-refractivity contribution in [3.8, 4) is 5.75 Å². The summed E-state index contributed by atoms with van der Waals surface area (Å²) in [6.45, 7) is 1.31. The molecule has 1 aromatic rings. The van der Waals surface area contributed by atoms with E-state index in [0.717, 1.165) is 0 Å². The summed E-state index contributed by atoms with van der Waals surface area (Å²) in [6.07, 6.45) is 0. The van der Waals surface area contributed by atoms with Gasteiger partial charge in [-0.3, -0.25) is 4.79 Å². The number of carbonyl (C=O) groups excluding carboxylic acids is 2. The summed E-state index contributed by atoms with van der Waals surface area (Å²) in [5, 5.41) is 0. The Morgan fingerprint density at radius 1 is 1.14 bits per heavy atom. The molecule has 14 heavy (non-hydrogen) atoms. The Labute approximate surface area is 81.4 Å². The average molecular weight is 201 g/mol. The fourth-order valence-electron chi connectivity index (χ4n) is 0.943. The first-order valence-corrected chi connectivity index (χ1v) is 4.00. The maximum Gasteiger partial charge on any atom is 0.337 e. The van der Waals surface area contributed by atoms with E-state index in [1.165, 1.54) is 38.3 Å². The van der Waals surface area contributed by atoms with Crippen LogP contribution in [0.25, 0.3) is 0 Å². The van der Waals surface area contributed by atoms with Gasteiger partial charge in [-0.05, 0) is 24.3 Å². The van der Waals surface area contributed by atoms with Gasteiger partial charge in [0.2, 0.25) is 0 Å². The normalized spacial score (nSPS) is 9.29. The highest BCUT2D eigenvalue weighted by atomic mass is 16.6. The first-order chi connectivity index (χ1) is 6.63. The monoisotopic (exact) mass is 201 g/mol. The predicted octanol–water partition coefficient (Wildman–Crippen LogP) is 1.40. The number of esters is 2. The molecule has 0 bridgehead atoms. The van der Waals surface area contributed by atoms with Crippen molar-refractivity contribution in [3.05, 3.63) is 29.8 Å². The van der Waals surface area contributed by atoms with Crippen molar-refractivity contribution in [1.29, 1.82) is 0 Å². The Hall–Kier alpha value is -1.84. The second-order valence-electron chi connectivity index (χ2n) is 2.61. The zero-order valence-electron chi connectivity index (χ0n) is 7.94. The van der Waals surface area contributed by atoms with Crippen LogP contribution in [0.15, 0.2) is 24.3 Å². The Balaban J connectivity index is 2.78. The lowest BCUT2D eigenvalue weighted by molar-refractivity contribution is -0.131. The molecule has 0 fully saturated rings. The number of rotatable bonds is 2. The Morgan fingerprint density at radius 2 is 1.71 bits per heavy atom. The molecular formula is C10H10O4. The molecule has 0 amide bonds. The van der Waals surface area contributed by atoms with Gasteiger partial charge in [0.15, 0.2) is 0 Å². The van der Waals surface area contributed by atoms with Gasteiger partial charge in [0.1, 0.15) is 5.75 Å². The van der Waals surface area contributed by atoms with Gasteiger partial charge >= 0.3 is 11.9 Å². The van der Waals surface area contributed by atoms with E-state index in [-0.39, 0.29) is 0 Å². The third-order valence-corrected chi connectivity index (χ3v) is 1.54. The van der Waals surface area contributed by atoms with Gasteiger partial charge in [0.05, 0.1) is 12.7 Å². The van der Waals surface area contributed by atoms with E-state index in [0.29, 0.717) is 11.3 Å². The molecule has 4 heteroatoms. The second-order valence-corrected chi connectivity index (χ2v) is 2.61. The summed E-state index contributed by atoms with van der Waals surface area (Å²) in [6, 6.07) is 6.13. The molecule has 0 N–H and O–H groups in total. The van der Waals surface area contributed by atoms with Gasteiger partial charge in [-0.2, -0.15) is 0 Å². The number of carbonyl (C=O) groups is 2. The predicted molar refractivity (Wildman–Crippen MR) is 49.1 cm³/mol. The third kappa shape index (κ3) is 2.58. The molecule has 1 rings (SSSR count). The molecule has 0 radical (unpaired) electrons. The largest absolute Gasteiger partial charge is 0.465 e. The van der Waals surface area contributed by atoms with E-state index >= 15 is 0 Å². The van der Waals surface area contributed by atoms with Gasteiger partial charge < -0.3 is 9.47 Å². The van der Waals surface area contributed by atoms with Crippen LogP contribution in [0.5, 0.6) is 5.75 Å². The molecule has 0 unspecified atom stereocenters. The van der Waals surface area contributed by atoms with Crippen molar-refractivity contribution < 1.29 is 19.1 Å². The van der Waals surface area contributed by atoms with Crippen LogP contribution in [0.4, 0.5) is 0 Å². The maximum atomic E-state index is 11.0. The van der Waals surface area contributed by atoms with Crippen molar-refractivity contribution in [3.63, 3.8) is 0 Å². The van der Waals surface area contributed by atoms with E-state index in [2.05, 4.69) is 4.74 Å². The molecule has 74 valence electrons.